The van der Waals surface area contributed by atoms with Crippen molar-refractivity contribution in [1.29, 1.82) is 0 Å². The molecule has 162 valence electrons. The number of halogens is 2. The number of carbonyl (C=O) groups is 2. The number of ether oxygens (including phenoxy) is 1. The number of imide groups is 1. The van der Waals surface area contributed by atoms with Gasteiger partial charge < -0.3 is 10.1 Å². The van der Waals surface area contributed by atoms with Crippen molar-refractivity contribution in [2.45, 2.75) is 13.5 Å². The van der Waals surface area contributed by atoms with Gasteiger partial charge in [-0.25, -0.2) is 0 Å². The lowest BCUT2D eigenvalue weighted by Gasteiger charge is -2.15. The molecule has 0 radical (unpaired) electrons. The van der Waals surface area contributed by atoms with E-state index in [1.807, 2.05) is 37.3 Å². The van der Waals surface area contributed by atoms with Gasteiger partial charge in [0.25, 0.3) is 11.8 Å². The molecule has 0 aliphatic carbocycles. The van der Waals surface area contributed by atoms with Gasteiger partial charge in [0.15, 0.2) is 0 Å². The first kappa shape index (κ1) is 21.9. The van der Waals surface area contributed by atoms with E-state index >= 15 is 0 Å². The zero-order valence-corrected chi connectivity index (χ0v) is 18.8. The number of benzene rings is 3. The smallest absolute Gasteiger partial charge is 0.278 e. The molecule has 1 N–H and O–H groups in total. The van der Waals surface area contributed by atoms with Crippen molar-refractivity contribution >= 4 is 46.3 Å². The highest BCUT2D eigenvalue weighted by Crippen LogP contribution is 2.36. The Kier molecular flexibility index (Phi) is 6.49. The fourth-order valence-corrected chi connectivity index (χ4v) is 3.99. The molecule has 7 heteroatoms. The third-order valence-electron chi connectivity index (χ3n) is 4.99. The Hall–Kier alpha value is -3.28. The van der Waals surface area contributed by atoms with Crippen molar-refractivity contribution < 1.29 is 14.3 Å². The number of nitrogens with zero attached hydrogens (tertiary/aromatic N) is 1. The van der Waals surface area contributed by atoms with Crippen LogP contribution in [-0.4, -0.2) is 23.3 Å². The Labute approximate surface area is 196 Å². The van der Waals surface area contributed by atoms with Crippen LogP contribution in [0, 0.1) is 0 Å². The topological polar surface area (TPSA) is 58.6 Å². The van der Waals surface area contributed by atoms with Gasteiger partial charge in [0, 0.05) is 16.3 Å². The molecule has 5 nitrogen and oxygen atoms in total. The lowest BCUT2D eigenvalue weighted by atomic mass is 10.0. The Bertz CT molecular complexity index is 1190. The molecule has 0 bridgehead atoms. The fourth-order valence-electron chi connectivity index (χ4n) is 3.49. The van der Waals surface area contributed by atoms with Gasteiger partial charge in [0.2, 0.25) is 0 Å². The Morgan fingerprint density at radius 1 is 0.906 bits per heavy atom. The van der Waals surface area contributed by atoms with E-state index in [9.17, 15) is 9.59 Å². The summed E-state index contributed by atoms with van der Waals surface area (Å²) in [6.45, 7) is 2.61. The van der Waals surface area contributed by atoms with Gasteiger partial charge in [-0.2, -0.15) is 0 Å². The third-order valence-corrected chi connectivity index (χ3v) is 5.53. The molecule has 0 unspecified atom stereocenters. The second kappa shape index (κ2) is 9.47. The molecule has 32 heavy (non-hydrogen) atoms. The number of hydrogen-bond donors (Lipinski definition) is 1. The van der Waals surface area contributed by atoms with Crippen LogP contribution in [0.15, 0.2) is 78.5 Å². The van der Waals surface area contributed by atoms with Gasteiger partial charge in [0.1, 0.15) is 11.4 Å². The fraction of sp³-hybridized carbons (Fsp3) is 0.120. The van der Waals surface area contributed by atoms with E-state index in [-0.39, 0.29) is 17.8 Å². The van der Waals surface area contributed by atoms with Crippen LogP contribution < -0.4 is 10.1 Å². The molecule has 1 aliphatic heterocycles. The lowest BCUT2D eigenvalue weighted by Crippen LogP contribution is -2.32. The van der Waals surface area contributed by atoms with E-state index in [1.54, 1.807) is 42.5 Å². The van der Waals surface area contributed by atoms with Crippen LogP contribution in [0.2, 0.25) is 10.0 Å². The van der Waals surface area contributed by atoms with E-state index in [4.69, 9.17) is 27.9 Å². The first-order valence-electron chi connectivity index (χ1n) is 10.1. The van der Waals surface area contributed by atoms with Crippen LogP contribution >= 0.6 is 23.2 Å². The molecule has 0 saturated carbocycles. The Morgan fingerprint density at radius 2 is 1.62 bits per heavy atom. The van der Waals surface area contributed by atoms with Crippen molar-refractivity contribution in [1.82, 2.24) is 4.90 Å². The summed E-state index contributed by atoms with van der Waals surface area (Å²) >= 11 is 12.5. The molecular weight excluding hydrogens is 447 g/mol. The van der Waals surface area contributed by atoms with E-state index < -0.39 is 11.8 Å². The average Bonchev–Trinajstić information content (AvgIpc) is 3.00. The Morgan fingerprint density at radius 3 is 2.28 bits per heavy atom. The zero-order valence-electron chi connectivity index (χ0n) is 17.3. The number of rotatable bonds is 7. The standard InChI is InChI=1S/C25H20Cl2N2O3/c1-2-32-19-11-9-18(10-12-19)28-23-22(20-13-8-17(26)14-21(20)27)24(30)29(25(23)31)15-16-6-4-3-5-7-16/h3-14,28H,2,15H2,1H3. The van der Waals surface area contributed by atoms with Crippen LogP contribution in [0.3, 0.4) is 0 Å². The summed E-state index contributed by atoms with van der Waals surface area (Å²) in [6.07, 6.45) is 0. The van der Waals surface area contributed by atoms with Crippen molar-refractivity contribution in [3.8, 4) is 5.75 Å². The average molecular weight is 467 g/mol. The minimum atomic E-state index is -0.422. The minimum Gasteiger partial charge on any atom is -0.494 e. The molecule has 3 aromatic rings. The molecule has 1 aliphatic rings. The van der Waals surface area contributed by atoms with Crippen molar-refractivity contribution in [2.24, 2.45) is 0 Å². The van der Waals surface area contributed by atoms with E-state index in [1.165, 1.54) is 4.90 Å². The summed E-state index contributed by atoms with van der Waals surface area (Å²) in [5.41, 5.74) is 2.31. The van der Waals surface area contributed by atoms with Gasteiger partial charge in [-0.1, -0.05) is 59.6 Å². The van der Waals surface area contributed by atoms with Crippen LogP contribution in [0.5, 0.6) is 5.75 Å². The highest BCUT2D eigenvalue weighted by molar-refractivity contribution is 6.41. The minimum absolute atomic E-state index is 0.154. The van der Waals surface area contributed by atoms with Gasteiger partial charge in [-0.05, 0) is 48.9 Å². The van der Waals surface area contributed by atoms with Crippen molar-refractivity contribution in [2.75, 3.05) is 11.9 Å². The van der Waals surface area contributed by atoms with Gasteiger partial charge in [-0.15, -0.1) is 0 Å². The van der Waals surface area contributed by atoms with Crippen LogP contribution in [0.25, 0.3) is 5.57 Å². The largest absolute Gasteiger partial charge is 0.494 e. The summed E-state index contributed by atoms with van der Waals surface area (Å²) < 4.78 is 5.47. The van der Waals surface area contributed by atoms with E-state index in [0.29, 0.717) is 33.7 Å². The zero-order chi connectivity index (χ0) is 22.7. The maximum atomic E-state index is 13.4. The van der Waals surface area contributed by atoms with E-state index in [2.05, 4.69) is 5.32 Å². The summed E-state index contributed by atoms with van der Waals surface area (Å²) in [7, 11) is 0. The number of amides is 2. The van der Waals surface area contributed by atoms with Crippen LogP contribution in [-0.2, 0) is 16.1 Å². The number of carbonyl (C=O) groups excluding carboxylic acids is 2. The number of nitrogens with one attached hydrogen (secondary N) is 1. The van der Waals surface area contributed by atoms with Crippen molar-refractivity contribution in [3.63, 3.8) is 0 Å². The molecule has 1 heterocycles. The lowest BCUT2D eigenvalue weighted by molar-refractivity contribution is -0.137. The predicted molar refractivity (Wildman–Crippen MR) is 127 cm³/mol. The molecule has 0 aromatic heterocycles. The molecule has 0 fully saturated rings. The molecule has 0 spiro atoms. The first-order chi connectivity index (χ1) is 15.5. The number of hydrogen-bond acceptors (Lipinski definition) is 4. The molecular formula is C25H20Cl2N2O3. The third kappa shape index (κ3) is 4.49. The highest BCUT2D eigenvalue weighted by atomic mass is 35.5. The summed E-state index contributed by atoms with van der Waals surface area (Å²) in [5.74, 6) is -0.127. The quantitative estimate of drug-likeness (QED) is 0.448. The van der Waals surface area contributed by atoms with Gasteiger partial charge >= 0.3 is 0 Å². The molecule has 0 saturated heterocycles. The Balaban J connectivity index is 1.73. The number of anilines is 1. The SMILES string of the molecule is CCOc1ccc(NC2=C(c3ccc(Cl)cc3Cl)C(=O)N(Cc3ccccc3)C2=O)cc1. The normalized spacial score (nSPS) is 13.7. The molecule has 4 rings (SSSR count). The molecule has 0 atom stereocenters. The second-order valence-corrected chi connectivity index (χ2v) is 7.98. The van der Waals surface area contributed by atoms with Crippen LogP contribution in [0.4, 0.5) is 5.69 Å². The maximum absolute atomic E-state index is 13.4. The van der Waals surface area contributed by atoms with Crippen LogP contribution in [0.1, 0.15) is 18.1 Å². The van der Waals surface area contributed by atoms with Gasteiger partial charge in [0.05, 0.1) is 23.7 Å². The van der Waals surface area contributed by atoms with E-state index in [0.717, 1.165) is 5.56 Å². The van der Waals surface area contributed by atoms with Crippen molar-refractivity contribution in [3.05, 3.63) is 99.7 Å². The summed E-state index contributed by atoms with van der Waals surface area (Å²) in [5, 5.41) is 3.85. The molecule has 2 amide bonds. The highest BCUT2D eigenvalue weighted by Gasteiger charge is 2.40. The van der Waals surface area contributed by atoms with Gasteiger partial charge in [-0.3, -0.25) is 14.5 Å². The first-order valence-corrected chi connectivity index (χ1v) is 10.8. The molecule has 3 aromatic carbocycles. The predicted octanol–water partition coefficient (Wildman–Crippen LogP) is 5.78. The second-order valence-electron chi connectivity index (χ2n) is 7.14. The summed E-state index contributed by atoms with van der Waals surface area (Å²) in [6, 6.07) is 21.4. The summed E-state index contributed by atoms with van der Waals surface area (Å²) in [4.78, 5) is 28.0. The monoisotopic (exact) mass is 466 g/mol. The maximum Gasteiger partial charge on any atom is 0.278 e.